The van der Waals surface area contributed by atoms with Crippen LogP contribution in [0.15, 0.2) is 84.9 Å². The van der Waals surface area contributed by atoms with Gasteiger partial charge >= 0.3 is 0 Å². The first-order chi connectivity index (χ1) is 15.2. The predicted octanol–water partition coefficient (Wildman–Crippen LogP) is 6.01. The van der Waals surface area contributed by atoms with E-state index in [4.69, 9.17) is 10.5 Å². The molecule has 1 aromatic heterocycles. The quantitative estimate of drug-likeness (QED) is 0.426. The number of hydrogen-bond acceptors (Lipinski definition) is 4. The maximum Gasteiger partial charge on any atom is 0.142 e. The molecule has 31 heavy (non-hydrogen) atoms. The Hall–Kier alpha value is -4.10. The summed E-state index contributed by atoms with van der Waals surface area (Å²) < 4.78 is 5.91. The van der Waals surface area contributed by atoms with E-state index in [1.165, 1.54) is 0 Å². The lowest BCUT2D eigenvalue weighted by molar-refractivity contribution is 0.306. The molecule has 0 atom stereocenters. The Morgan fingerprint density at radius 1 is 0.871 bits per heavy atom. The number of nitriles is 1. The Labute approximate surface area is 182 Å². The summed E-state index contributed by atoms with van der Waals surface area (Å²) in [5, 5.41) is 9.81. The number of rotatable bonds is 6. The number of hydrogen-bond donors (Lipinski definition) is 1. The highest BCUT2D eigenvalue weighted by atomic mass is 16.5. The average molecular weight is 406 g/mol. The third kappa shape index (κ3) is 4.26. The highest BCUT2D eigenvalue weighted by molar-refractivity contribution is 5.84. The molecule has 0 unspecified atom stereocenters. The molecule has 4 aromatic rings. The van der Waals surface area contributed by atoms with Gasteiger partial charge in [0.25, 0.3) is 0 Å². The van der Waals surface area contributed by atoms with Crippen molar-refractivity contribution in [1.82, 2.24) is 4.98 Å². The van der Waals surface area contributed by atoms with Crippen molar-refractivity contribution in [1.29, 1.82) is 5.26 Å². The minimum absolute atomic E-state index is 0.248. The lowest BCUT2D eigenvalue weighted by Crippen LogP contribution is -2.05. The number of anilines is 1. The lowest BCUT2D eigenvalue weighted by Gasteiger charge is -2.17. The zero-order valence-corrected chi connectivity index (χ0v) is 17.4. The number of nitrogens with zero attached hydrogens (tertiary/aromatic N) is 2. The van der Waals surface area contributed by atoms with Gasteiger partial charge in [0.2, 0.25) is 0 Å². The standard InChI is InChI=1S/C27H23N3O/c1-2-23-25(24(17-28)27(29)30-26(23)21-11-7-4-8-12-21)20-13-15-22(16-14-20)31-18-19-9-5-3-6-10-19/h3-16H,2,18H2,1H3,(H2,29,30). The van der Waals surface area contributed by atoms with Gasteiger partial charge < -0.3 is 10.5 Å². The van der Waals surface area contributed by atoms with E-state index < -0.39 is 0 Å². The van der Waals surface area contributed by atoms with Crippen molar-refractivity contribution < 1.29 is 4.74 Å². The zero-order chi connectivity index (χ0) is 21.6. The molecule has 4 heteroatoms. The largest absolute Gasteiger partial charge is 0.489 e. The van der Waals surface area contributed by atoms with Crippen LogP contribution in [0.3, 0.4) is 0 Å². The minimum atomic E-state index is 0.248. The van der Waals surface area contributed by atoms with Crippen LogP contribution in [-0.4, -0.2) is 4.98 Å². The summed E-state index contributed by atoms with van der Waals surface area (Å²) in [6.45, 7) is 2.58. The Kier molecular flexibility index (Phi) is 5.96. The van der Waals surface area contributed by atoms with E-state index in [0.717, 1.165) is 45.7 Å². The van der Waals surface area contributed by atoms with Crippen LogP contribution in [-0.2, 0) is 13.0 Å². The third-order valence-electron chi connectivity index (χ3n) is 5.23. The van der Waals surface area contributed by atoms with Gasteiger partial charge in [-0.05, 0) is 35.2 Å². The van der Waals surface area contributed by atoms with Crippen molar-refractivity contribution in [3.63, 3.8) is 0 Å². The van der Waals surface area contributed by atoms with E-state index in [1.54, 1.807) is 0 Å². The maximum absolute atomic E-state index is 9.81. The number of aromatic nitrogens is 1. The fourth-order valence-electron chi connectivity index (χ4n) is 3.71. The van der Waals surface area contributed by atoms with Gasteiger partial charge in [-0.2, -0.15) is 5.26 Å². The Morgan fingerprint density at radius 3 is 2.13 bits per heavy atom. The smallest absolute Gasteiger partial charge is 0.142 e. The first-order valence-electron chi connectivity index (χ1n) is 10.3. The van der Waals surface area contributed by atoms with Gasteiger partial charge in [0.1, 0.15) is 29.8 Å². The highest BCUT2D eigenvalue weighted by Crippen LogP contribution is 2.37. The molecule has 0 bridgehead atoms. The van der Waals surface area contributed by atoms with Crippen molar-refractivity contribution in [3.05, 3.63) is 102 Å². The Balaban J connectivity index is 1.73. The zero-order valence-electron chi connectivity index (χ0n) is 17.4. The molecule has 4 nitrogen and oxygen atoms in total. The van der Waals surface area contributed by atoms with Crippen LogP contribution in [0.5, 0.6) is 5.75 Å². The fourth-order valence-corrected chi connectivity index (χ4v) is 3.71. The summed E-state index contributed by atoms with van der Waals surface area (Å²) in [4.78, 5) is 4.58. The predicted molar refractivity (Wildman–Crippen MR) is 124 cm³/mol. The maximum atomic E-state index is 9.81. The number of benzene rings is 3. The molecule has 2 N–H and O–H groups in total. The minimum Gasteiger partial charge on any atom is -0.489 e. The molecule has 0 saturated heterocycles. The normalized spacial score (nSPS) is 10.5. The summed E-state index contributed by atoms with van der Waals surface area (Å²) in [5.41, 5.74) is 12.3. The average Bonchev–Trinajstić information content (AvgIpc) is 2.83. The van der Waals surface area contributed by atoms with E-state index in [-0.39, 0.29) is 5.82 Å². The molecule has 0 spiro atoms. The first-order valence-corrected chi connectivity index (χ1v) is 10.3. The van der Waals surface area contributed by atoms with E-state index in [0.29, 0.717) is 12.2 Å². The number of ether oxygens (including phenoxy) is 1. The topological polar surface area (TPSA) is 71.9 Å². The molecule has 3 aromatic carbocycles. The Bertz CT molecular complexity index is 1210. The molecule has 0 aliphatic rings. The van der Waals surface area contributed by atoms with Gasteiger partial charge in [-0.15, -0.1) is 0 Å². The van der Waals surface area contributed by atoms with Gasteiger partial charge in [0.15, 0.2) is 0 Å². The second kappa shape index (κ2) is 9.15. The summed E-state index contributed by atoms with van der Waals surface area (Å²) in [6, 6.07) is 30.1. The lowest BCUT2D eigenvalue weighted by atomic mass is 9.90. The van der Waals surface area contributed by atoms with Crippen LogP contribution in [0.1, 0.15) is 23.6 Å². The number of pyridine rings is 1. The fraction of sp³-hybridized carbons (Fsp3) is 0.111. The summed E-state index contributed by atoms with van der Waals surface area (Å²) in [7, 11) is 0. The molecule has 0 aliphatic heterocycles. The van der Waals surface area contributed by atoms with Crippen molar-refractivity contribution >= 4 is 5.82 Å². The summed E-state index contributed by atoms with van der Waals surface area (Å²) >= 11 is 0. The molecule has 1 heterocycles. The van der Waals surface area contributed by atoms with E-state index in [1.807, 2.05) is 84.9 Å². The van der Waals surface area contributed by atoms with Gasteiger partial charge in [0, 0.05) is 11.1 Å². The molecule has 0 saturated carbocycles. The van der Waals surface area contributed by atoms with Crippen LogP contribution in [0.4, 0.5) is 5.82 Å². The van der Waals surface area contributed by atoms with Crippen molar-refractivity contribution in [2.24, 2.45) is 0 Å². The summed E-state index contributed by atoms with van der Waals surface area (Å²) in [6.07, 6.45) is 0.730. The van der Waals surface area contributed by atoms with E-state index in [9.17, 15) is 5.26 Å². The van der Waals surface area contributed by atoms with Crippen molar-refractivity contribution in [3.8, 4) is 34.2 Å². The Morgan fingerprint density at radius 2 is 1.52 bits per heavy atom. The van der Waals surface area contributed by atoms with Crippen LogP contribution in [0, 0.1) is 11.3 Å². The second-order valence-corrected chi connectivity index (χ2v) is 7.20. The molecule has 0 fully saturated rings. The second-order valence-electron chi connectivity index (χ2n) is 7.20. The summed E-state index contributed by atoms with van der Waals surface area (Å²) in [5.74, 6) is 1.02. The molecular formula is C27H23N3O. The number of nitrogen functional groups attached to an aromatic ring is 1. The number of nitrogens with two attached hydrogens (primary N) is 1. The van der Waals surface area contributed by atoms with Gasteiger partial charge in [-0.3, -0.25) is 0 Å². The van der Waals surface area contributed by atoms with Gasteiger partial charge in [-0.1, -0.05) is 79.7 Å². The van der Waals surface area contributed by atoms with Crippen LogP contribution in [0.2, 0.25) is 0 Å². The van der Waals surface area contributed by atoms with Crippen molar-refractivity contribution in [2.75, 3.05) is 5.73 Å². The van der Waals surface area contributed by atoms with Gasteiger partial charge in [0.05, 0.1) is 5.69 Å². The molecule has 4 rings (SSSR count). The van der Waals surface area contributed by atoms with Crippen LogP contribution < -0.4 is 10.5 Å². The highest BCUT2D eigenvalue weighted by Gasteiger charge is 2.19. The van der Waals surface area contributed by atoms with Crippen LogP contribution >= 0.6 is 0 Å². The molecule has 0 radical (unpaired) electrons. The van der Waals surface area contributed by atoms with Crippen LogP contribution in [0.25, 0.3) is 22.4 Å². The SMILES string of the molecule is CCc1c(-c2ccccc2)nc(N)c(C#N)c1-c1ccc(OCc2ccccc2)cc1. The van der Waals surface area contributed by atoms with Crippen molar-refractivity contribution in [2.45, 2.75) is 20.0 Å². The van der Waals surface area contributed by atoms with E-state index in [2.05, 4.69) is 18.0 Å². The molecule has 0 amide bonds. The van der Waals surface area contributed by atoms with E-state index >= 15 is 0 Å². The molecule has 152 valence electrons. The molecule has 0 aliphatic carbocycles. The molecular weight excluding hydrogens is 382 g/mol. The third-order valence-corrected chi connectivity index (χ3v) is 5.23. The first kappa shape index (κ1) is 20.2. The van der Waals surface area contributed by atoms with Gasteiger partial charge in [-0.25, -0.2) is 4.98 Å². The monoisotopic (exact) mass is 405 g/mol.